The molecule has 1 aliphatic rings. The second-order valence-electron chi connectivity index (χ2n) is 5.06. The quantitative estimate of drug-likeness (QED) is 0.870. The molecule has 0 aromatic heterocycles. The van der Waals surface area contributed by atoms with Crippen molar-refractivity contribution in [2.75, 3.05) is 6.54 Å². The summed E-state index contributed by atoms with van der Waals surface area (Å²) in [7, 11) is -3.92. The number of nitrogens with two attached hydrogens (primary N) is 1. The third kappa shape index (κ3) is 4.29. The fraction of sp³-hybridized carbons (Fsp3) is 0.538. The minimum Gasteiger partial charge on any atom is -0.330 e. The first kappa shape index (κ1) is 18.6. The van der Waals surface area contributed by atoms with Gasteiger partial charge in [-0.1, -0.05) is 30.5 Å². The maximum absolute atomic E-state index is 13.9. The van der Waals surface area contributed by atoms with Crippen molar-refractivity contribution in [1.29, 1.82) is 0 Å². The Balaban J connectivity index is 0.00000220. The molecule has 8 heteroatoms. The molecule has 0 aliphatic heterocycles. The molecule has 0 radical (unpaired) electrons. The minimum atomic E-state index is -3.92. The summed E-state index contributed by atoms with van der Waals surface area (Å²) < 4.78 is 41.0. The van der Waals surface area contributed by atoms with Crippen LogP contribution in [0.5, 0.6) is 0 Å². The van der Waals surface area contributed by atoms with Crippen LogP contribution in [0.1, 0.15) is 25.7 Å². The number of rotatable bonds is 4. The van der Waals surface area contributed by atoms with Crippen molar-refractivity contribution < 1.29 is 12.8 Å². The van der Waals surface area contributed by atoms with Gasteiger partial charge in [-0.05, 0) is 37.4 Å². The highest BCUT2D eigenvalue weighted by Gasteiger charge is 2.30. The van der Waals surface area contributed by atoms with Gasteiger partial charge in [0.25, 0.3) is 0 Å². The van der Waals surface area contributed by atoms with Crippen LogP contribution in [-0.4, -0.2) is 21.0 Å². The lowest BCUT2D eigenvalue weighted by molar-refractivity contribution is 0.296. The summed E-state index contributed by atoms with van der Waals surface area (Å²) in [6, 6.07) is 3.71. The van der Waals surface area contributed by atoms with Crippen molar-refractivity contribution in [3.63, 3.8) is 0 Å². The van der Waals surface area contributed by atoms with Gasteiger partial charge in [-0.2, -0.15) is 0 Å². The second kappa shape index (κ2) is 7.74. The molecule has 1 aromatic carbocycles. The molecule has 2 atom stereocenters. The lowest BCUT2D eigenvalue weighted by atomic mass is 9.85. The molecule has 1 saturated carbocycles. The van der Waals surface area contributed by atoms with Crippen LogP contribution in [0.2, 0.25) is 5.02 Å². The largest absolute Gasteiger partial charge is 0.330 e. The highest BCUT2D eigenvalue weighted by molar-refractivity contribution is 7.89. The van der Waals surface area contributed by atoms with E-state index in [4.69, 9.17) is 17.3 Å². The van der Waals surface area contributed by atoms with Crippen LogP contribution in [0.15, 0.2) is 23.1 Å². The lowest BCUT2D eigenvalue weighted by Crippen LogP contribution is -2.44. The van der Waals surface area contributed by atoms with E-state index in [1.807, 2.05) is 0 Å². The topological polar surface area (TPSA) is 72.2 Å². The van der Waals surface area contributed by atoms with Crippen molar-refractivity contribution in [2.45, 2.75) is 36.6 Å². The van der Waals surface area contributed by atoms with Crippen LogP contribution >= 0.6 is 24.0 Å². The molecule has 0 spiro atoms. The van der Waals surface area contributed by atoms with Gasteiger partial charge in [0, 0.05) is 6.04 Å². The number of nitrogens with one attached hydrogen (secondary N) is 1. The summed E-state index contributed by atoms with van der Waals surface area (Å²) in [5, 5.41) is -0.202. The molecule has 2 unspecified atom stereocenters. The van der Waals surface area contributed by atoms with Crippen LogP contribution in [0, 0.1) is 11.7 Å². The van der Waals surface area contributed by atoms with E-state index in [0.717, 1.165) is 25.7 Å². The zero-order valence-electron chi connectivity index (χ0n) is 11.4. The molecule has 1 fully saturated rings. The van der Waals surface area contributed by atoms with Gasteiger partial charge >= 0.3 is 0 Å². The smallest absolute Gasteiger partial charge is 0.243 e. The van der Waals surface area contributed by atoms with Gasteiger partial charge < -0.3 is 5.73 Å². The average Bonchev–Trinajstić information content (AvgIpc) is 2.42. The lowest BCUT2D eigenvalue weighted by Gasteiger charge is -2.31. The van der Waals surface area contributed by atoms with Crippen molar-refractivity contribution in [2.24, 2.45) is 11.7 Å². The van der Waals surface area contributed by atoms with E-state index in [2.05, 4.69) is 4.72 Å². The van der Waals surface area contributed by atoms with Gasteiger partial charge in [0.15, 0.2) is 5.82 Å². The van der Waals surface area contributed by atoms with E-state index >= 15 is 0 Å². The molecule has 0 bridgehead atoms. The van der Waals surface area contributed by atoms with E-state index in [1.165, 1.54) is 18.2 Å². The first-order valence-corrected chi connectivity index (χ1v) is 8.48. The molecule has 2 rings (SSSR count). The third-order valence-electron chi connectivity index (χ3n) is 3.72. The summed E-state index contributed by atoms with van der Waals surface area (Å²) in [4.78, 5) is -0.411. The molecule has 0 saturated heterocycles. The van der Waals surface area contributed by atoms with Crippen LogP contribution in [0.4, 0.5) is 4.39 Å². The monoisotopic (exact) mass is 356 g/mol. The maximum Gasteiger partial charge on any atom is 0.243 e. The average molecular weight is 357 g/mol. The van der Waals surface area contributed by atoms with Crippen LogP contribution in [0.3, 0.4) is 0 Å². The summed E-state index contributed by atoms with van der Waals surface area (Å²) in [5.74, 6) is -0.817. The Hall–Kier alpha value is -0.400. The Labute approximate surface area is 135 Å². The number of benzene rings is 1. The Kier molecular flexibility index (Phi) is 6.87. The van der Waals surface area contributed by atoms with Gasteiger partial charge in [0.05, 0.1) is 5.02 Å². The van der Waals surface area contributed by atoms with Gasteiger partial charge in [-0.15, -0.1) is 12.4 Å². The Morgan fingerprint density at radius 2 is 2.00 bits per heavy atom. The normalized spacial score (nSPS) is 22.6. The van der Waals surface area contributed by atoms with E-state index < -0.39 is 20.7 Å². The van der Waals surface area contributed by atoms with Crippen LogP contribution in [-0.2, 0) is 10.0 Å². The van der Waals surface area contributed by atoms with E-state index in [1.54, 1.807) is 0 Å². The van der Waals surface area contributed by atoms with Crippen molar-refractivity contribution >= 4 is 34.0 Å². The van der Waals surface area contributed by atoms with E-state index in [0.29, 0.717) is 6.54 Å². The fourth-order valence-corrected chi connectivity index (χ4v) is 4.27. The molecule has 1 aromatic rings. The molecule has 21 heavy (non-hydrogen) atoms. The molecule has 1 aliphatic carbocycles. The maximum atomic E-state index is 13.9. The zero-order valence-corrected chi connectivity index (χ0v) is 13.8. The van der Waals surface area contributed by atoms with Gasteiger partial charge in [0.2, 0.25) is 10.0 Å². The van der Waals surface area contributed by atoms with Crippen LogP contribution < -0.4 is 10.5 Å². The molecule has 0 amide bonds. The minimum absolute atomic E-state index is 0. The van der Waals surface area contributed by atoms with Gasteiger partial charge in [-0.3, -0.25) is 0 Å². The highest BCUT2D eigenvalue weighted by Crippen LogP contribution is 2.27. The van der Waals surface area contributed by atoms with Crippen LogP contribution in [0.25, 0.3) is 0 Å². The van der Waals surface area contributed by atoms with Crippen molar-refractivity contribution in [3.8, 4) is 0 Å². The summed E-state index contributed by atoms with van der Waals surface area (Å²) in [6.45, 7) is 0.422. The molecular formula is C13H19Cl2FN2O2S. The number of halogens is 3. The molecule has 0 heterocycles. The zero-order chi connectivity index (χ0) is 14.8. The Morgan fingerprint density at radius 3 is 2.67 bits per heavy atom. The molecule has 120 valence electrons. The highest BCUT2D eigenvalue weighted by atomic mass is 35.5. The Bertz CT molecular complexity index is 584. The summed E-state index contributed by atoms with van der Waals surface area (Å²) in [6.07, 6.45) is 3.61. The fourth-order valence-electron chi connectivity index (χ4n) is 2.60. The number of hydrogen-bond donors (Lipinski definition) is 2. The van der Waals surface area contributed by atoms with Gasteiger partial charge in [0.1, 0.15) is 4.90 Å². The molecular weight excluding hydrogens is 338 g/mol. The second-order valence-corrected chi connectivity index (χ2v) is 7.15. The first-order valence-electron chi connectivity index (χ1n) is 6.62. The Morgan fingerprint density at radius 1 is 1.33 bits per heavy atom. The molecule has 4 nitrogen and oxygen atoms in total. The summed E-state index contributed by atoms with van der Waals surface area (Å²) in [5.41, 5.74) is 5.68. The standard InChI is InChI=1S/C13H18ClFN2O2S.ClH/c14-10-5-3-7-12(13(10)15)20(18,19)17-11-6-2-1-4-9(11)8-16;/h3,5,7,9,11,17H,1-2,4,6,8,16H2;1H. The van der Waals surface area contributed by atoms with E-state index in [9.17, 15) is 12.8 Å². The van der Waals surface area contributed by atoms with Gasteiger partial charge in [-0.25, -0.2) is 17.5 Å². The SMILES string of the molecule is Cl.NCC1CCCCC1NS(=O)(=O)c1cccc(Cl)c1F. The number of hydrogen-bond acceptors (Lipinski definition) is 3. The summed E-state index contributed by atoms with van der Waals surface area (Å²) >= 11 is 5.63. The van der Waals surface area contributed by atoms with Crippen molar-refractivity contribution in [3.05, 3.63) is 29.0 Å². The molecule has 3 N–H and O–H groups in total. The van der Waals surface area contributed by atoms with E-state index in [-0.39, 0.29) is 29.4 Å². The predicted molar refractivity (Wildman–Crippen MR) is 83.8 cm³/mol. The first-order chi connectivity index (χ1) is 9.45. The number of sulfonamides is 1. The third-order valence-corrected chi connectivity index (χ3v) is 5.52. The predicted octanol–water partition coefficient (Wildman–Crippen LogP) is 2.70. The van der Waals surface area contributed by atoms with Crippen molar-refractivity contribution in [1.82, 2.24) is 4.72 Å².